The lowest BCUT2D eigenvalue weighted by molar-refractivity contribution is 0.0757. The van der Waals surface area contributed by atoms with Crippen molar-refractivity contribution in [1.82, 2.24) is 4.90 Å². The molecular formula is C14H16N2OS. The first-order chi connectivity index (χ1) is 8.69. The number of amides is 1. The smallest absolute Gasteiger partial charge is 0.264 e. The molecule has 1 aromatic heterocycles. The lowest BCUT2D eigenvalue weighted by Crippen LogP contribution is -2.32. The highest BCUT2D eigenvalue weighted by Gasteiger charge is 2.32. The molecule has 1 heterocycles. The molecule has 3 nitrogen and oxygen atoms in total. The van der Waals surface area contributed by atoms with Crippen molar-refractivity contribution in [2.24, 2.45) is 0 Å². The SMILES string of the molecule is CCN(C(=O)c1cc2cc(N)ccc2s1)C1CC1. The van der Waals surface area contributed by atoms with Crippen LogP contribution in [0, 0.1) is 0 Å². The number of hydrogen-bond donors (Lipinski definition) is 1. The second-order valence-corrected chi connectivity index (χ2v) is 5.81. The van der Waals surface area contributed by atoms with E-state index < -0.39 is 0 Å². The molecule has 0 unspecified atom stereocenters. The van der Waals surface area contributed by atoms with E-state index in [0.717, 1.165) is 40.0 Å². The van der Waals surface area contributed by atoms with Crippen LogP contribution < -0.4 is 5.73 Å². The maximum absolute atomic E-state index is 12.4. The number of carbonyl (C=O) groups is 1. The number of fused-ring (bicyclic) bond motifs is 1. The minimum absolute atomic E-state index is 0.166. The Bertz CT molecular complexity index is 601. The lowest BCUT2D eigenvalue weighted by Gasteiger charge is -2.19. The van der Waals surface area contributed by atoms with Crippen molar-refractivity contribution in [3.8, 4) is 0 Å². The molecule has 2 N–H and O–H groups in total. The van der Waals surface area contributed by atoms with Gasteiger partial charge in [-0.2, -0.15) is 0 Å². The first kappa shape index (κ1) is 11.5. The van der Waals surface area contributed by atoms with Gasteiger partial charge >= 0.3 is 0 Å². The fourth-order valence-corrected chi connectivity index (χ4v) is 3.26. The first-order valence-electron chi connectivity index (χ1n) is 6.29. The number of hydrogen-bond acceptors (Lipinski definition) is 3. The highest BCUT2D eigenvalue weighted by Crippen LogP contribution is 2.32. The average Bonchev–Trinajstić information content (AvgIpc) is 3.08. The van der Waals surface area contributed by atoms with Gasteiger partial charge in [0.2, 0.25) is 0 Å². The predicted octanol–water partition coefficient (Wildman–Crippen LogP) is 3.11. The number of nitrogens with two attached hydrogens (primary N) is 1. The number of rotatable bonds is 3. The number of carbonyl (C=O) groups excluding carboxylic acids is 1. The fraction of sp³-hybridized carbons (Fsp3) is 0.357. The van der Waals surface area contributed by atoms with Crippen molar-refractivity contribution in [1.29, 1.82) is 0 Å². The van der Waals surface area contributed by atoms with E-state index in [9.17, 15) is 4.79 Å². The summed E-state index contributed by atoms with van der Waals surface area (Å²) >= 11 is 1.56. The van der Waals surface area contributed by atoms with Crippen LogP contribution in [-0.2, 0) is 0 Å². The van der Waals surface area contributed by atoms with Crippen molar-refractivity contribution >= 4 is 33.0 Å². The summed E-state index contributed by atoms with van der Waals surface area (Å²) in [5.41, 5.74) is 6.51. The molecule has 1 aliphatic rings. The Kier molecular flexibility index (Phi) is 2.74. The molecule has 1 aromatic carbocycles. The summed E-state index contributed by atoms with van der Waals surface area (Å²) in [5.74, 6) is 0.166. The summed E-state index contributed by atoms with van der Waals surface area (Å²) in [6.45, 7) is 2.83. The van der Waals surface area contributed by atoms with Crippen molar-refractivity contribution in [2.75, 3.05) is 12.3 Å². The summed E-state index contributed by atoms with van der Waals surface area (Å²) in [7, 11) is 0. The van der Waals surface area contributed by atoms with Crippen LogP contribution in [0.15, 0.2) is 24.3 Å². The predicted molar refractivity (Wildman–Crippen MR) is 76.0 cm³/mol. The van der Waals surface area contributed by atoms with E-state index in [2.05, 4.69) is 0 Å². The van der Waals surface area contributed by atoms with E-state index in [1.54, 1.807) is 11.3 Å². The molecular weight excluding hydrogens is 244 g/mol. The van der Waals surface area contributed by atoms with Gasteiger partial charge in [0.15, 0.2) is 0 Å². The molecule has 0 bridgehead atoms. The van der Waals surface area contributed by atoms with Gasteiger partial charge in [0.05, 0.1) is 4.88 Å². The molecule has 2 aromatic rings. The second-order valence-electron chi connectivity index (χ2n) is 4.73. The molecule has 0 radical (unpaired) electrons. The molecule has 1 aliphatic carbocycles. The summed E-state index contributed by atoms with van der Waals surface area (Å²) in [6.07, 6.45) is 2.30. The Labute approximate surface area is 110 Å². The van der Waals surface area contributed by atoms with E-state index in [1.807, 2.05) is 36.1 Å². The molecule has 0 spiro atoms. The molecule has 3 rings (SSSR count). The maximum Gasteiger partial charge on any atom is 0.264 e. The zero-order valence-electron chi connectivity index (χ0n) is 10.3. The highest BCUT2D eigenvalue weighted by atomic mass is 32.1. The van der Waals surface area contributed by atoms with Gasteiger partial charge in [-0.15, -0.1) is 11.3 Å². The monoisotopic (exact) mass is 260 g/mol. The third-order valence-electron chi connectivity index (χ3n) is 3.34. The summed E-state index contributed by atoms with van der Waals surface area (Å²) in [5, 5.41) is 1.07. The Morgan fingerprint density at radius 1 is 1.44 bits per heavy atom. The van der Waals surface area contributed by atoms with Gasteiger partial charge in [-0.05, 0) is 49.4 Å². The second kappa shape index (κ2) is 4.28. The van der Waals surface area contributed by atoms with Gasteiger partial charge in [0, 0.05) is 23.0 Å². The molecule has 4 heteroatoms. The Balaban J connectivity index is 1.95. The average molecular weight is 260 g/mol. The molecule has 1 amide bonds. The van der Waals surface area contributed by atoms with Gasteiger partial charge in [0.25, 0.3) is 5.91 Å². The zero-order valence-corrected chi connectivity index (χ0v) is 11.2. The quantitative estimate of drug-likeness (QED) is 0.862. The van der Waals surface area contributed by atoms with Gasteiger partial charge in [-0.3, -0.25) is 4.79 Å². The third kappa shape index (κ3) is 1.97. The zero-order chi connectivity index (χ0) is 12.7. The third-order valence-corrected chi connectivity index (χ3v) is 4.44. The van der Waals surface area contributed by atoms with Crippen molar-refractivity contribution in [3.63, 3.8) is 0 Å². The van der Waals surface area contributed by atoms with Crippen LogP contribution in [0.25, 0.3) is 10.1 Å². The van der Waals surface area contributed by atoms with Crippen LogP contribution >= 0.6 is 11.3 Å². The number of anilines is 1. The van der Waals surface area contributed by atoms with E-state index in [1.165, 1.54) is 0 Å². The van der Waals surface area contributed by atoms with Gasteiger partial charge in [0.1, 0.15) is 0 Å². The molecule has 0 atom stereocenters. The van der Waals surface area contributed by atoms with Gasteiger partial charge in [-0.1, -0.05) is 0 Å². The number of nitrogens with zero attached hydrogens (tertiary/aromatic N) is 1. The van der Waals surface area contributed by atoms with E-state index in [-0.39, 0.29) is 5.91 Å². The van der Waals surface area contributed by atoms with Gasteiger partial charge < -0.3 is 10.6 Å². The van der Waals surface area contributed by atoms with Crippen molar-refractivity contribution in [2.45, 2.75) is 25.8 Å². The summed E-state index contributed by atoms with van der Waals surface area (Å²) in [4.78, 5) is 15.2. The standard InChI is InChI=1S/C14H16N2OS/c1-2-16(11-4-5-11)14(17)13-8-9-7-10(15)3-6-12(9)18-13/h3,6-8,11H,2,4-5,15H2,1H3. The van der Waals surface area contributed by atoms with Crippen molar-refractivity contribution in [3.05, 3.63) is 29.1 Å². The molecule has 18 heavy (non-hydrogen) atoms. The van der Waals surface area contributed by atoms with Crippen LogP contribution in [0.3, 0.4) is 0 Å². The molecule has 1 saturated carbocycles. The highest BCUT2D eigenvalue weighted by molar-refractivity contribution is 7.20. The van der Waals surface area contributed by atoms with Crippen LogP contribution in [0.5, 0.6) is 0 Å². The van der Waals surface area contributed by atoms with Gasteiger partial charge in [-0.25, -0.2) is 0 Å². The van der Waals surface area contributed by atoms with Crippen LogP contribution in [0.1, 0.15) is 29.4 Å². The molecule has 0 saturated heterocycles. The van der Waals surface area contributed by atoms with Crippen molar-refractivity contribution < 1.29 is 4.79 Å². The number of nitrogen functional groups attached to an aromatic ring is 1. The number of benzene rings is 1. The van der Waals surface area contributed by atoms with E-state index in [0.29, 0.717) is 6.04 Å². The maximum atomic E-state index is 12.4. The molecule has 0 aliphatic heterocycles. The molecule has 1 fully saturated rings. The largest absolute Gasteiger partial charge is 0.399 e. The first-order valence-corrected chi connectivity index (χ1v) is 7.10. The van der Waals surface area contributed by atoms with Crippen LogP contribution in [0.4, 0.5) is 5.69 Å². The minimum atomic E-state index is 0.166. The Morgan fingerprint density at radius 2 is 2.22 bits per heavy atom. The normalized spacial score (nSPS) is 14.9. The van der Waals surface area contributed by atoms with E-state index in [4.69, 9.17) is 5.73 Å². The minimum Gasteiger partial charge on any atom is -0.399 e. The van der Waals surface area contributed by atoms with Crippen LogP contribution in [0.2, 0.25) is 0 Å². The fourth-order valence-electron chi connectivity index (χ4n) is 2.26. The van der Waals surface area contributed by atoms with E-state index >= 15 is 0 Å². The number of thiophene rings is 1. The summed E-state index contributed by atoms with van der Waals surface area (Å²) in [6, 6.07) is 8.22. The topological polar surface area (TPSA) is 46.3 Å². The van der Waals surface area contributed by atoms with Crippen LogP contribution in [-0.4, -0.2) is 23.4 Å². The Morgan fingerprint density at radius 3 is 2.89 bits per heavy atom. The molecule has 94 valence electrons. The Hall–Kier alpha value is -1.55. The summed E-state index contributed by atoms with van der Waals surface area (Å²) < 4.78 is 1.12. The lowest BCUT2D eigenvalue weighted by atomic mass is 10.2.